The summed E-state index contributed by atoms with van der Waals surface area (Å²) in [4.78, 5) is 4.07. The summed E-state index contributed by atoms with van der Waals surface area (Å²) < 4.78 is 3.92. The SMILES string of the molecule is Cc1ccc(C(C)Nc2nc(N)ns2)cc1. The zero-order chi connectivity index (χ0) is 11.5. The van der Waals surface area contributed by atoms with E-state index in [4.69, 9.17) is 5.73 Å². The summed E-state index contributed by atoms with van der Waals surface area (Å²) in [7, 11) is 0. The average Bonchev–Trinajstić information content (AvgIpc) is 2.65. The van der Waals surface area contributed by atoms with Gasteiger partial charge in [0.15, 0.2) is 0 Å². The topological polar surface area (TPSA) is 63.8 Å². The van der Waals surface area contributed by atoms with Crippen LogP contribution in [-0.2, 0) is 0 Å². The third kappa shape index (κ3) is 2.49. The lowest BCUT2D eigenvalue weighted by molar-refractivity contribution is 0.881. The maximum absolute atomic E-state index is 5.46. The van der Waals surface area contributed by atoms with Crippen molar-refractivity contribution in [1.82, 2.24) is 9.36 Å². The van der Waals surface area contributed by atoms with E-state index in [1.807, 2.05) is 0 Å². The second-order valence-electron chi connectivity index (χ2n) is 3.73. The van der Waals surface area contributed by atoms with Crippen LogP contribution in [0.15, 0.2) is 24.3 Å². The summed E-state index contributed by atoms with van der Waals surface area (Å²) in [6.45, 7) is 4.16. The highest BCUT2D eigenvalue weighted by molar-refractivity contribution is 7.09. The Labute approximate surface area is 98.7 Å². The molecule has 0 aliphatic heterocycles. The number of anilines is 2. The lowest BCUT2D eigenvalue weighted by Gasteiger charge is -2.12. The number of nitrogens with zero attached hydrogens (tertiary/aromatic N) is 2. The minimum Gasteiger partial charge on any atom is -0.367 e. The van der Waals surface area contributed by atoms with Crippen LogP contribution in [0, 0.1) is 6.92 Å². The number of benzene rings is 1. The van der Waals surface area contributed by atoms with Gasteiger partial charge in [-0.15, -0.1) is 0 Å². The minimum absolute atomic E-state index is 0.202. The van der Waals surface area contributed by atoms with Crippen molar-refractivity contribution in [2.75, 3.05) is 11.1 Å². The molecule has 1 aromatic heterocycles. The molecule has 2 rings (SSSR count). The van der Waals surface area contributed by atoms with Crippen molar-refractivity contribution in [3.8, 4) is 0 Å². The van der Waals surface area contributed by atoms with Gasteiger partial charge in [0.05, 0.1) is 6.04 Å². The Balaban J connectivity index is 2.08. The molecule has 1 heterocycles. The molecule has 0 aliphatic rings. The summed E-state index contributed by atoms with van der Waals surface area (Å²) in [5, 5.41) is 4.02. The molecule has 1 atom stereocenters. The fraction of sp³-hybridized carbons (Fsp3) is 0.273. The molecule has 0 amide bonds. The molecule has 0 fully saturated rings. The number of nitrogens with two attached hydrogens (primary N) is 1. The molecule has 3 N–H and O–H groups in total. The summed E-state index contributed by atoms with van der Waals surface area (Å²) in [5.41, 5.74) is 7.94. The lowest BCUT2D eigenvalue weighted by atomic mass is 10.1. The Morgan fingerprint density at radius 3 is 2.56 bits per heavy atom. The summed E-state index contributed by atoms with van der Waals surface area (Å²) >= 11 is 1.28. The molecule has 0 spiro atoms. The van der Waals surface area contributed by atoms with E-state index >= 15 is 0 Å². The predicted octanol–water partition coefficient (Wildman–Crippen LogP) is 2.60. The number of rotatable bonds is 3. The largest absolute Gasteiger partial charge is 0.367 e. The number of aromatic nitrogens is 2. The van der Waals surface area contributed by atoms with Crippen LogP contribution in [0.5, 0.6) is 0 Å². The predicted molar refractivity (Wildman–Crippen MR) is 67.5 cm³/mol. The molecule has 0 aliphatic carbocycles. The Morgan fingerprint density at radius 1 is 1.31 bits per heavy atom. The number of nitrogen functional groups attached to an aromatic ring is 1. The van der Waals surface area contributed by atoms with Crippen molar-refractivity contribution in [1.29, 1.82) is 0 Å². The molecule has 0 saturated carbocycles. The second-order valence-corrected chi connectivity index (χ2v) is 4.49. The van der Waals surface area contributed by atoms with Crippen molar-refractivity contribution >= 4 is 22.6 Å². The van der Waals surface area contributed by atoms with Crippen molar-refractivity contribution in [2.24, 2.45) is 0 Å². The van der Waals surface area contributed by atoms with Crippen LogP contribution in [0.1, 0.15) is 24.1 Å². The number of nitrogens with one attached hydrogen (secondary N) is 1. The first-order chi connectivity index (χ1) is 7.65. The van der Waals surface area contributed by atoms with Crippen LogP contribution in [0.25, 0.3) is 0 Å². The van der Waals surface area contributed by atoms with E-state index < -0.39 is 0 Å². The van der Waals surface area contributed by atoms with Crippen molar-refractivity contribution in [3.63, 3.8) is 0 Å². The highest BCUT2D eigenvalue weighted by Crippen LogP contribution is 2.21. The third-order valence-electron chi connectivity index (χ3n) is 2.36. The highest BCUT2D eigenvalue weighted by atomic mass is 32.1. The van der Waals surface area contributed by atoms with Gasteiger partial charge in [0.1, 0.15) is 0 Å². The van der Waals surface area contributed by atoms with Crippen molar-refractivity contribution in [2.45, 2.75) is 19.9 Å². The van der Waals surface area contributed by atoms with Gasteiger partial charge in [-0.2, -0.15) is 9.36 Å². The normalized spacial score (nSPS) is 12.4. The Hall–Kier alpha value is -1.62. The van der Waals surface area contributed by atoms with Gasteiger partial charge < -0.3 is 11.1 Å². The van der Waals surface area contributed by atoms with Gasteiger partial charge in [0, 0.05) is 11.5 Å². The Kier molecular flexibility index (Phi) is 3.05. The van der Waals surface area contributed by atoms with E-state index in [1.165, 1.54) is 22.7 Å². The summed E-state index contributed by atoms with van der Waals surface area (Å²) in [5.74, 6) is 0.323. The molecule has 0 saturated heterocycles. The smallest absolute Gasteiger partial charge is 0.233 e. The zero-order valence-corrected chi connectivity index (χ0v) is 10.1. The fourth-order valence-corrected chi connectivity index (χ4v) is 2.00. The first-order valence-electron chi connectivity index (χ1n) is 5.07. The monoisotopic (exact) mass is 234 g/mol. The van der Waals surface area contributed by atoms with Crippen molar-refractivity contribution < 1.29 is 0 Å². The fourth-order valence-electron chi connectivity index (χ4n) is 1.42. The number of aryl methyl sites for hydroxylation is 1. The Bertz CT molecular complexity index is 463. The molecule has 84 valence electrons. The quantitative estimate of drug-likeness (QED) is 0.856. The number of hydrogen-bond donors (Lipinski definition) is 2. The molecular formula is C11H14N4S. The lowest BCUT2D eigenvalue weighted by Crippen LogP contribution is -2.06. The Morgan fingerprint density at radius 2 is 2.00 bits per heavy atom. The molecule has 4 nitrogen and oxygen atoms in total. The van der Waals surface area contributed by atoms with Gasteiger partial charge in [-0.1, -0.05) is 29.8 Å². The maximum Gasteiger partial charge on any atom is 0.233 e. The molecular weight excluding hydrogens is 220 g/mol. The summed E-state index contributed by atoms with van der Waals surface area (Å²) in [6.07, 6.45) is 0. The number of hydrogen-bond acceptors (Lipinski definition) is 5. The van der Waals surface area contributed by atoms with Crippen LogP contribution in [0.3, 0.4) is 0 Å². The van der Waals surface area contributed by atoms with Crippen LogP contribution < -0.4 is 11.1 Å². The first-order valence-corrected chi connectivity index (χ1v) is 5.85. The van der Waals surface area contributed by atoms with E-state index in [2.05, 4.69) is 52.8 Å². The first kappa shape index (κ1) is 10.9. The van der Waals surface area contributed by atoms with Crippen molar-refractivity contribution in [3.05, 3.63) is 35.4 Å². The standard InChI is InChI=1S/C11H14N4S/c1-7-3-5-9(6-4-7)8(2)13-11-14-10(12)15-16-11/h3-6,8H,1-2H3,(H3,12,13,14,15). The van der Waals surface area contributed by atoms with E-state index in [0.717, 1.165) is 5.13 Å². The maximum atomic E-state index is 5.46. The highest BCUT2D eigenvalue weighted by Gasteiger charge is 2.07. The van der Waals surface area contributed by atoms with Gasteiger partial charge in [0.2, 0.25) is 11.1 Å². The zero-order valence-electron chi connectivity index (χ0n) is 9.27. The van der Waals surface area contributed by atoms with Crippen LogP contribution >= 0.6 is 11.5 Å². The van der Waals surface area contributed by atoms with Gasteiger partial charge in [-0.25, -0.2) is 0 Å². The molecule has 16 heavy (non-hydrogen) atoms. The van der Waals surface area contributed by atoms with E-state index in [9.17, 15) is 0 Å². The van der Waals surface area contributed by atoms with Gasteiger partial charge in [0.25, 0.3) is 0 Å². The van der Waals surface area contributed by atoms with Gasteiger partial charge >= 0.3 is 0 Å². The molecule has 0 bridgehead atoms. The minimum atomic E-state index is 0.202. The van der Waals surface area contributed by atoms with Crippen LogP contribution in [0.2, 0.25) is 0 Å². The van der Waals surface area contributed by atoms with Gasteiger partial charge in [-0.3, -0.25) is 0 Å². The summed E-state index contributed by atoms with van der Waals surface area (Å²) in [6, 6.07) is 8.62. The second kappa shape index (κ2) is 4.49. The van der Waals surface area contributed by atoms with E-state index in [1.54, 1.807) is 0 Å². The van der Waals surface area contributed by atoms with E-state index in [0.29, 0.717) is 5.95 Å². The van der Waals surface area contributed by atoms with Gasteiger partial charge in [-0.05, 0) is 19.4 Å². The molecule has 2 aromatic rings. The molecule has 1 aromatic carbocycles. The molecule has 5 heteroatoms. The van der Waals surface area contributed by atoms with E-state index in [-0.39, 0.29) is 6.04 Å². The third-order valence-corrected chi connectivity index (χ3v) is 3.02. The van der Waals surface area contributed by atoms with Crippen LogP contribution in [-0.4, -0.2) is 9.36 Å². The average molecular weight is 234 g/mol. The molecule has 0 radical (unpaired) electrons. The molecule has 1 unspecified atom stereocenters. The van der Waals surface area contributed by atoms with Crippen LogP contribution in [0.4, 0.5) is 11.1 Å².